The van der Waals surface area contributed by atoms with E-state index in [9.17, 15) is 19.5 Å². The number of hydrogen-bond acceptors (Lipinski definition) is 5. The first kappa shape index (κ1) is 22.6. The molecule has 0 aliphatic rings. The second-order valence-electron chi connectivity index (χ2n) is 7.23. The fourth-order valence-electron chi connectivity index (χ4n) is 3.46. The number of fused-ring (bicyclic) bond motifs is 1. The lowest BCUT2D eigenvalue weighted by molar-refractivity contribution is 0.144. The average molecular weight is 452 g/mol. The number of amides is 1. The van der Waals surface area contributed by atoms with E-state index in [0.717, 1.165) is 23.8 Å². The molecule has 0 aliphatic carbocycles. The molecule has 0 atom stereocenters. The van der Waals surface area contributed by atoms with Gasteiger partial charge in [-0.1, -0.05) is 19.8 Å². The van der Waals surface area contributed by atoms with E-state index in [2.05, 4.69) is 26.9 Å². The summed E-state index contributed by atoms with van der Waals surface area (Å²) in [6.45, 7) is 3.01. The van der Waals surface area contributed by atoms with Crippen LogP contribution < -0.4 is 11.2 Å². The Kier molecular flexibility index (Phi) is 7.50. The number of rotatable bonds is 11. The molecule has 3 N–H and O–H groups in total. The summed E-state index contributed by atoms with van der Waals surface area (Å²) >= 11 is 5.94. The van der Waals surface area contributed by atoms with Crippen molar-refractivity contribution in [3.05, 3.63) is 44.3 Å². The summed E-state index contributed by atoms with van der Waals surface area (Å²) in [5, 5.41) is 9.49. The van der Waals surface area contributed by atoms with Crippen LogP contribution in [0.4, 0.5) is 4.79 Å². The summed E-state index contributed by atoms with van der Waals surface area (Å²) in [5.74, 6) is 0.694. The van der Waals surface area contributed by atoms with Gasteiger partial charge in [-0.25, -0.2) is 14.6 Å². The van der Waals surface area contributed by atoms with Crippen molar-refractivity contribution in [2.75, 3.05) is 13.1 Å². The monoisotopic (exact) mass is 451 g/mol. The maximum absolute atomic E-state index is 13.0. The number of aromatic nitrogens is 6. The second kappa shape index (κ2) is 10.3. The lowest BCUT2D eigenvalue weighted by atomic mass is 10.2. The van der Waals surface area contributed by atoms with E-state index < -0.39 is 17.3 Å². The van der Waals surface area contributed by atoms with Crippen LogP contribution in [0.5, 0.6) is 0 Å². The minimum Gasteiger partial charge on any atom is -0.465 e. The van der Waals surface area contributed by atoms with Crippen molar-refractivity contribution in [3.63, 3.8) is 0 Å². The van der Waals surface area contributed by atoms with Crippen LogP contribution in [-0.4, -0.2) is 58.3 Å². The predicted molar refractivity (Wildman–Crippen MR) is 116 cm³/mol. The number of hydrogen-bond donors (Lipinski definition) is 3. The number of nitrogens with zero attached hydrogens (tertiary/aromatic N) is 5. The molecule has 3 heterocycles. The third kappa shape index (κ3) is 5.35. The van der Waals surface area contributed by atoms with Crippen molar-refractivity contribution in [3.8, 4) is 0 Å². The van der Waals surface area contributed by atoms with Gasteiger partial charge >= 0.3 is 11.8 Å². The number of unbranched alkanes of at least 4 members (excludes halogenated alkanes) is 2. The minimum atomic E-state index is -1.06. The minimum absolute atomic E-state index is 0.0449. The van der Waals surface area contributed by atoms with E-state index in [4.69, 9.17) is 11.6 Å². The predicted octanol–water partition coefficient (Wildman–Crippen LogP) is 2.07. The van der Waals surface area contributed by atoms with Gasteiger partial charge in [0, 0.05) is 45.0 Å². The van der Waals surface area contributed by atoms with Crippen molar-refractivity contribution < 1.29 is 9.90 Å². The number of aromatic amines is 2. The molecule has 0 aromatic carbocycles. The highest BCUT2D eigenvalue weighted by molar-refractivity contribution is 6.28. The molecular formula is C19H26ClN7O4. The standard InChI is InChI=1S/C19H26ClN7O4/c1-2-3-4-10-26-15-14(23-17(20)24-15)16(28)27(18(26)29)11-5-9-25(19(30)31)12-6-13-21-7-8-22-13/h7-8H,2-6,9-12H2,1H3,(H,21,22)(H,23,24)(H,30,31). The first-order chi connectivity index (χ1) is 14.9. The van der Waals surface area contributed by atoms with Crippen LogP contribution in [0.1, 0.15) is 38.4 Å². The topological polar surface area (TPSA) is 142 Å². The van der Waals surface area contributed by atoms with E-state index in [-0.39, 0.29) is 36.1 Å². The molecule has 1 amide bonds. The van der Waals surface area contributed by atoms with Crippen LogP contribution in [-0.2, 0) is 19.5 Å². The van der Waals surface area contributed by atoms with Crippen molar-refractivity contribution in [1.29, 1.82) is 0 Å². The summed E-state index contributed by atoms with van der Waals surface area (Å²) in [6, 6.07) is 0. The van der Waals surface area contributed by atoms with E-state index in [1.165, 1.54) is 9.47 Å². The van der Waals surface area contributed by atoms with Gasteiger partial charge in [0.2, 0.25) is 5.28 Å². The maximum atomic E-state index is 13.0. The van der Waals surface area contributed by atoms with E-state index in [1.807, 2.05) is 0 Å². The molecule has 3 aromatic heterocycles. The van der Waals surface area contributed by atoms with Crippen LogP contribution in [0.3, 0.4) is 0 Å². The molecular weight excluding hydrogens is 426 g/mol. The summed E-state index contributed by atoms with van der Waals surface area (Å²) < 4.78 is 2.58. The summed E-state index contributed by atoms with van der Waals surface area (Å²) in [4.78, 5) is 52.4. The Morgan fingerprint density at radius 2 is 1.97 bits per heavy atom. The first-order valence-electron chi connectivity index (χ1n) is 10.3. The number of carboxylic acid groups (broad SMARTS) is 1. The van der Waals surface area contributed by atoms with E-state index in [1.54, 1.807) is 12.4 Å². The molecule has 0 aliphatic heterocycles. The average Bonchev–Trinajstić information content (AvgIpc) is 3.38. The number of aryl methyl sites for hydroxylation is 1. The van der Waals surface area contributed by atoms with Crippen molar-refractivity contribution in [2.24, 2.45) is 0 Å². The zero-order valence-corrected chi connectivity index (χ0v) is 18.1. The Labute approximate surface area is 182 Å². The van der Waals surface area contributed by atoms with Gasteiger partial charge in [-0.05, 0) is 24.4 Å². The maximum Gasteiger partial charge on any atom is 0.407 e. The fourth-order valence-corrected chi connectivity index (χ4v) is 3.63. The Balaban J connectivity index is 1.76. The molecule has 0 bridgehead atoms. The van der Waals surface area contributed by atoms with Gasteiger partial charge in [0.25, 0.3) is 5.56 Å². The Morgan fingerprint density at radius 1 is 1.19 bits per heavy atom. The van der Waals surface area contributed by atoms with E-state index >= 15 is 0 Å². The molecule has 0 saturated heterocycles. The SMILES string of the molecule is CCCCCn1c(=O)n(CCCN(CCc2ncc[nH]2)C(=O)O)c(=O)c2[nH]c(Cl)nc21. The molecule has 0 saturated carbocycles. The van der Waals surface area contributed by atoms with Crippen LogP contribution in [0.2, 0.25) is 5.28 Å². The van der Waals surface area contributed by atoms with Gasteiger partial charge in [0.05, 0.1) is 0 Å². The van der Waals surface area contributed by atoms with Gasteiger partial charge in [0.1, 0.15) is 5.82 Å². The molecule has 0 spiro atoms. The molecule has 31 heavy (non-hydrogen) atoms. The summed E-state index contributed by atoms with van der Waals surface area (Å²) in [6.07, 6.45) is 5.67. The van der Waals surface area contributed by atoms with Gasteiger partial charge in [-0.2, -0.15) is 4.98 Å². The zero-order chi connectivity index (χ0) is 22.4. The third-order valence-corrected chi connectivity index (χ3v) is 5.25. The van der Waals surface area contributed by atoms with Crippen molar-refractivity contribution in [1.82, 2.24) is 34.0 Å². The smallest absolute Gasteiger partial charge is 0.407 e. The van der Waals surface area contributed by atoms with E-state index in [0.29, 0.717) is 25.2 Å². The number of imidazole rings is 2. The number of nitrogens with one attached hydrogen (secondary N) is 2. The largest absolute Gasteiger partial charge is 0.465 e. The van der Waals surface area contributed by atoms with Gasteiger partial charge in [0.15, 0.2) is 11.2 Å². The number of halogens is 1. The summed E-state index contributed by atoms with van der Waals surface area (Å²) in [5.41, 5.74) is -0.551. The van der Waals surface area contributed by atoms with Gasteiger partial charge < -0.3 is 20.0 Å². The van der Waals surface area contributed by atoms with Crippen LogP contribution >= 0.6 is 11.6 Å². The molecule has 168 valence electrons. The molecule has 0 radical (unpaired) electrons. The molecule has 3 aromatic rings. The lowest BCUT2D eigenvalue weighted by Gasteiger charge is -2.19. The molecule has 12 heteroatoms. The second-order valence-corrected chi connectivity index (χ2v) is 7.59. The highest BCUT2D eigenvalue weighted by Gasteiger charge is 2.18. The zero-order valence-electron chi connectivity index (χ0n) is 17.3. The summed E-state index contributed by atoms with van der Waals surface area (Å²) in [7, 11) is 0. The van der Waals surface area contributed by atoms with Crippen molar-refractivity contribution in [2.45, 2.75) is 52.1 Å². The van der Waals surface area contributed by atoms with Crippen LogP contribution in [0.15, 0.2) is 22.0 Å². The third-order valence-electron chi connectivity index (χ3n) is 5.07. The Morgan fingerprint density at radius 3 is 2.65 bits per heavy atom. The highest BCUT2D eigenvalue weighted by Crippen LogP contribution is 2.11. The molecule has 0 unspecified atom stereocenters. The molecule has 3 rings (SSSR count). The van der Waals surface area contributed by atoms with Gasteiger partial charge in [-0.3, -0.25) is 13.9 Å². The highest BCUT2D eigenvalue weighted by atomic mass is 35.5. The van der Waals surface area contributed by atoms with Crippen LogP contribution in [0, 0.1) is 0 Å². The number of carbonyl (C=O) groups is 1. The Bertz CT molecular complexity index is 1130. The molecule has 11 nitrogen and oxygen atoms in total. The van der Waals surface area contributed by atoms with Gasteiger partial charge in [-0.15, -0.1) is 0 Å². The quantitative estimate of drug-likeness (QED) is 0.301. The first-order valence-corrected chi connectivity index (χ1v) is 10.6. The van der Waals surface area contributed by atoms with Crippen LogP contribution in [0.25, 0.3) is 11.2 Å². The van der Waals surface area contributed by atoms with Crippen molar-refractivity contribution >= 4 is 28.9 Å². The normalized spacial score (nSPS) is 11.3. The fraction of sp³-hybridized carbons (Fsp3) is 0.526. The molecule has 0 fully saturated rings. The number of H-pyrrole nitrogens is 2. The lowest BCUT2D eigenvalue weighted by Crippen LogP contribution is -2.41. The Hall–Kier alpha value is -3.08.